The molecular weight excluding hydrogens is 345 g/mol. The number of carbonyl (C=O) groups excluding carboxylic acids is 1. The van der Waals surface area contributed by atoms with Crippen molar-refractivity contribution in [2.24, 2.45) is 0 Å². The summed E-state index contributed by atoms with van der Waals surface area (Å²) in [5.74, 6) is -0.594. The van der Waals surface area contributed by atoms with E-state index in [0.717, 1.165) is 34.9 Å². The summed E-state index contributed by atoms with van der Waals surface area (Å²) in [4.78, 5) is 14.3. The van der Waals surface area contributed by atoms with Gasteiger partial charge in [0.1, 0.15) is 5.82 Å². The molecule has 1 saturated heterocycles. The van der Waals surface area contributed by atoms with Crippen LogP contribution in [0, 0.1) is 12.7 Å². The van der Waals surface area contributed by atoms with Crippen LogP contribution < -0.4 is 10.2 Å². The second-order valence-electron chi connectivity index (χ2n) is 6.44. The third-order valence-corrected chi connectivity index (χ3v) is 6.30. The fourth-order valence-electron chi connectivity index (χ4n) is 3.08. The molecule has 0 aromatic heterocycles. The lowest BCUT2D eigenvalue weighted by Crippen LogP contribution is -2.50. The Morgan fingerprint density at radius 1 is 1.44 bits per heavy atom. The van der Waals surface area contributed by atoms with Crippen LogP contribution in [0.4, 0.5) is 10.1 Å². The first-order valence-corrected chi connectivity index (χ1v) is 10.1. The molecule has 25 heavy (non-hydrogen) atoms. The van der Waals surface area contributed by atoms with Gasteiger partial charge in [0.25, 0.3) is 0 Å². The number of hydrogen-bond donors (Lipinski definition) is 1. The Hall–Kier alpha value is -1.67. The Balaban J connectivity index is 1.96. The number of nitrogens with zero attached hydrogens (tertiary/aromatic N) is 2. The molecule has 1 N–H and O–H groups in total. The predicted molar refractivity (Wildman–Crippen MR) is 96.6 cm³/mol. The maximum atomic E-state index is 13.3. The van der Waals surface area contributed by atoms with Crippen LogP contribution >= 0.6 is 0 Å². The number of aryl methyl sites for hydroxylation is 1. The summed E-state index contributed by atoms with van der Waals surface area (Å²) in [6, 6.07) is 4.65. The molecule has 8 heteroatoms. The van der Waals surface area contributed by atoms with E-state index in [-0.39, 0.29) is 30.1 Å². The highest BCUT2D eigenvalue weighted by atomic mass is 32.2. The summed E-state index contributed by atoms with van der Waals surface area (Å²) in [6.45, 7) is 4.71. The van der Waals surface area contributed by atoms with E-state index < -0.39 is 10.0 Å². The largest absolute Gasteiger partial charge is 0.369 e. The number of sulfonamides is 1. The van der Waals surface area contributed by atoms with E-state index in [4.69, 9.17) is 0 Å². The molecule has 0 bridgehead atoms. The van der Waals surface area contributed by atoms with E-state index in [1.54, 1.807) is 13.0 Å². The summed E-state index contributed by atoms with van der Waals surface area (Å²) in [7, 11) is -1.96. The smallest absolute Gasteiger partial charge is 0.235 e. The number of carbonyl (C=O) groups is 1. The number of likely N-dealkylation sites (N-methyl/N-ethyl adjacent to an activating group) is 1. The monoisotopic (exact) mass is 371 g/mol. The van der Waals surface area contributed by atoms with E-state index in [1.807, 2.05) is 6.92 Å². The number of benzene rings is 1. The van der Waals surface area contributed by atoms with E-state index in [9.17, 15) is 17.6 Å². The molecule has 1 fully saturated rings. The zero-order valence-corrected chi connectivity index (χ0v) is 15.8. The molecule has 1 aromatic rings. The average molecular weight is 371 g/mol. The van der Waals surface area contributed by atoms with Gasteiger partial charge in [0, 0.05) is 31.9 Å². The highest BCUT2D eigenvalue weighted by molar-refractivity contribution is 7.89. The zero-order valence-electron chi connectivity index (χ0n) is 15.0. The van der Waals surface area contributed by atoms with Crippen LogP contribution in [-0.2, 0) is 14.8 Å². The van der Waals surface area contributed by atoms with Gasteiger partial charge in [-0.3, -0.25) is 4.79 Å². The second kappa shape index (κ2) is 8.14. The molecule has 1 atom stereocenters. The van der Waals surface area contributed by atoms with Gasteiger partial charge in [-0.25, -0.2) is 12.8 Å². The van der Waals surface area contributed by atoms with Gasteiger partial charge in [0.15, 0.2) is 0 Å². The van der Waals surface area contributed by atoms with Crippen molar-refractivity contribution < 1.29 is 17.6 Å². The van der Waals surface area contributed by atoms with Crippen molar-refractivity contribution in [3.63, 3.8) is 0 Å². The molecule has 1 unspecified atom stereocenters. The first-order chi connectivity index (χ1) is 11.7. The van der Waals surface area contributed by atoms with E-state index in [0.29, 0.717) is 6.54 Å². The summed E-state index contributed by atoms with van der Waals surface area (Å²) < 4.78 is 37.8. The quantitative estimate of drug-likeness (QED) is 0.823. The fourth-order valence-corrected chi connectivity index (χ4v) is 3.84. The van der Waals surface area contributed by atoms with Gasteiger partial charge in [-0.05, 0) is 50.5 Å². The van der Waals surface area contributed by atoms with Crippen molar-refractivity contribution in [3.05, 3.63) is 29.6 Å². The molecule has 1 aliphatic heterocycles. The molecule has 2 rings (SSSR count). The van der Waals surface area contributed by atoms with Gasteiger partial charge in [0.2, 0.25) is 15.9 Å². The molecule has 0 radical (unpaired) electrons. The van der Waals surface area contributed by atoms with Crippen LogP contribution in [0.1, 0.15) is 25.3 Å². The van der Waals surface area contributed by atoms with Crippen molar-refractivity contribution in [3.8, 4) is 0 Å². The Morgan fingerprint density at radius 2 is 2.16 bits per heavy atom. The van der Waals surface area contributed by atoms with Crippen LogP contribution in [0.25, 0.3) is 0 Å². The molecule has 0 spiro atoms. The molecule has 0 saturated carbocycles. The van der Waals surface area contributed by atoms with Crippen LogP contribution in [0.15, 0.2) is 18.2 Å². The van der Waals surface area contributed by atoms with Crippen molar-refractivity contribution in [2.75, 3.05) is 37.3 Å². The summed E-state index contributed by atoms with van der Waals surface area (Å²) in [5, 5.41) is 2.92. The lowest BCUT2D eigenvalue weighted by Gasteiger charge is -2.35. The van der Waals surface area contributed by atoms with E-state index in [1.165, 1.54) is 19.2 Å². The topological polar surface area (TPSA) is 69.7 Å². The molecule has 0 aliphatic carbocycles. The van der Waals surface area contributed by atoms with Gasteiger partial charge in [-0.1, -0.05) is 0 Å². The fraction of sp³-hybridized carbons (Fsp3) is 0.588. The third kappa shape index (κ3) is 5.15. The van der Waals surface area contributed by atoms with Crippen LogP contribution in [0.5, 0.6) is 0 Å². The summed E-state index contributed by atoms with van der Waals surface area (Å²) >= 11 is 0. The number of rotatable bonds is 6. The minimum absolute atomic E-state index is 0.0299. The standard InChI is InChI=1S/C17H26FN3O3S/c1-4-25(23,24)20(3)12-17(22)19-15-6-5-9-21(11-15)16-8-7-14(18)10-13(16)2/h7-8,10,15H,4-6,9,11-12H2,1-3H3,(H,19,22). The molecule has 1 aromatic carbocycles. The number of piperidine rings is 1. The van der Waals surface area contributed by atoms with Crippen LogP contribution in [0.2, 0.25) is 0 Å². The summed E-state index contributed by atoms with van der Waals surface area (Å²) in [6.07, 6.45) is 1.75. The van der Waals surface area contributed by atoms with Crippen molar-refractivity contribution in [1.29, 1.82) is 0 Å². The SMILES string of the molecule is CCS(=O)(=O)N(C)CC(=O)NC1CCCN(c2ccc(F)cc2C)C1. The molecular formula is C17H26FN3O3S. The van der Waals surface area contributed by atoms with Crippen molar-refractivity contribution >= 4 is 21.6 Å². The Morgan fingerprint density at radius 3 is 2.80 bits per heavy atom. The number of halogens is 1. The zero-order chi connectivity index (χ0) is 18.6. The number of anilines is 1. The lowest BCUT2D eigenvalue weighted by molar-refractivity contribution is -0.121. The second-order valence-corrected chi connectivity index (χ2v) is 8.80. The van der Waals surface area contributed by atoms with Crippen LogP contribution in [-0.4, -0.2) is 57.1 Å². The Kier molecular flexibility index (Phi) is 6.40. The molecule has 140 valence electrons. The van der Waals surface area contributed by atoms with Gasteiger partial charge in [-0.2, -0.15) is 4.31 Å². The number of hydrogen-bond acceptors (Lipinski definition) is 4. The third-order valence-electron chi connectivity index (χ3n) is 4.49. The van der Waals surface area contributed by atoms with Gasteiger partial charge in [-0.15, -0.1) is 0 Å². The molecule has 1 amide bonds. The number of amides is 1. The molecule has 6 nitrogen and oxygen atoms in total. The Labute approximate surface area is 149 Å². The van der Waals surface area contributed by atoms with Crippen molar-refractivity contribution in [2.45, 2.75) is 32.7 Å². The minimum atomic E-state index is -3.37. The van der Waals surface area contributed by atoms with Gasteiger partial charge >= 0.3 is 0 Å². The predicted octanol–water partition coefficient (Wildman–Crippen LogP) is 1.50. The van der Waals surface area contributed by atoms with Crippen molar-refractivity contribution in [1.82, 2.24) is 9.62 Å². The average Bonchev–Trinajstić information content (AvgIpc) is 2.54. The van der Waals surface area contributed by atoms with Gasteiger partial charge in [0.05, 0.1) is 12.3 Å². The first kappa shape index (κ1) is 19.7. The molecule has 1 heterocycles. The van der Waals surface area contributed by atoms with E-state index in [2.05, 4.69) is 10.2 Å². The van der Waals surface area contributed by atoms with Gasteiger partial charge < -0.3 is 10.2 Å². The highest BCUT2D eigenvalue weighted by Crippen LogP contribution is 2.24. The molecule has 1 aliphatic rings. The van der Waals surface area contributed by atoms with E-state index >= 15 is 0 Å². The van der Waals surface area contributed by atoms with Crippen LogP contribution in [0.3, 0.4) is 0 Å². The summed E-state index contributed by atoms with van der Waals surface area (Å²) in [5.41, 5.74) is 1.83. The number of nitrogens with one attached hydrogen (secondary N) is 1. The first-order valence-electron chi connectivity index (χ1n) is 8.47. The maximum Gasteiger partial charge on any atom is 0.235 e. The minimum Gasteiger partial charge on any atom is -0.369 e. The maximum absolute atomic E-state index is 13.3. The normalized spacial score (nSPS) is 18.4. The Bertz CT molecular complexity index is 724. The highest BCUT2D eigenvalue weighted by Gasteiger charge is 2.24. The lowest BCUT2D eigenvalue weighted by atomic mass is 10.0.